The monoisotopic (exact) mass is 356 g/mol. The van der Waals surface area contributed by atoms with Crippen LogP contribution in [0.15, 0.2) is 45.8 Å². The summed E-state index contributed by atoms with van der Waals surface area (Å²) < 4.78 is 15.9. The minimum Gasteiger partial charge on any atom is -0.493 e. The second kappa shape index (κ2) is 7.61. The number of thioether (sulfide) groups is 1. The lowest BCUT2D eigenvalue weighted by atomic mass is 10.2. The summed E-state index contributed by atoms with van der Waals surface area (Å²) in [7, 11) is 3.21. The third kappa shape index (κ3) is 3.96. The van der Waals surface area contributed by atoms with Crippen LogP contribution in [-0.4, -0.2) is 24.4 Å². The van der Waals surface area contributed by atoms with Gasteiger partial charge in [-0.05, 0) is 43.7 Å². The highest BCUT2D eigenvalue weighted by Gasteiger charge is 2.12. The van der Waals surface area contributed by atoms with Gasteiger partial charge in [0, 0.05) is 10.5 Å². The fraction of sp³-hybridized carbons (Fsp3) is 0.263. The maximum atomic E-state index is 5.38. The molecule has 5 nitrogen and oxygen atoms in total. The van der Waals surface area contributed by atoms with Gasteiger partial charge >= 0.3 is 0 Å². The lowest BCUT2D eigenvalue weighted by Gasteiger charge is -2.07. The third-order valence-electron chi connectivity index (χ3n) is 3.79. The van der Waals surface area contributed by atoms with Gasteiger partial charge in [-0.2, -0.15) is 4.98 Å². The largest absolute Gasteiger partial charge is 0.493 e. The van der Waals surface area contributed by atoms with Crippen LogP contribution < -0.4 is 9.47 Å². The van der Waals surface area contributed by atoms with Gasteiger partial charge in [-0.3, -0.25) is 0 Å². The van der Waals surface area contributed by atoms with Crippen molar-refractivity contribution in [3.05, 3.63) is 53.4 Å². The van der Waals surface area contributed by atoms with Gasteiger partial charge in [0.05, 0.1) is 20.0 Å². The lowest BCUT2D eigenvalue weighted by molar-refractivity contribution is 0.355. The van der Waals surface area contributed by atoms with E-state index in [4.69, 9.17) is 14.0 Å². The van der Waals surface area contributed by atoms with Crippen LogP contribution in [-0.2, 0) is 5.75 Å². The molecule has 6 heteroatoms. The molecule has 0 saturated heterocycles. The van der Waals surface area contributed by atoms with Crippen LogP contribution in [0, 0.1) is 13.8 Å². The Morgan fingerprint density at radius 1 is 1.00 bits per heavy atom. The highest BCUT2D eigenvalue weighted by atomic mass is 32.2. The topological polar surface area (TPSA) is 57.4 Å². The van der Waals surface area contributed by atoms with E-state index in [9.17, 15) is 0 Å². The van der Waals surface area contributed by atoms with Crippen LogP contribution in [0.25, 0.3) is 11.4 Å². The molecule has 0 unspecified atom stereocenters. The Labute approximate surface area is 151 Å². The van der Waals surface area contributed by atoms with E-state index in [2.05, 4.69) is 42.2 Å². The second-order valence-electron chi connectivity index (χ2n) is 5.64. The fourth-order valence-corrected chi connectivity index (χ4v) is 3.35. The fourth-order valence-electron chi connectivity index (χ4n) is 2.51. The third-order valence-corrected chi connectivity index (χ3v) is 4.95. The molecule has 0 aliphatic rings. The van der Waals surface area contributed by atoms with Crippen LogP contribution in [0.4, 0.5) is 0 Å². The van der Waals surface area contributed by atoms with Crippen molar-refractivity contribution in [2.75, 3.05) is 14.2 Å². The molecule has 0 amide bonds. The highest BCUT2D eigenvalue weighted by molar-refractivity contribution is 7.98. The van der Waals surface area contributed by atoms with E-state index >= 15 is 0 Å². The Hall–Kier alpha value is -2.47. The Bertz CT molecular complexity index is 877. The van der Waals surface area contributed by atoms with Crippen LogP contribution in [0.2, 0.25) is 0 Å². The summed E-state index contributed by atoms with van der Waals surface area (Å²) in [5.74, 6) is 3.06. The first kappa shape index (κ1) is 17.4. The number of ether oxygens (including phenoxy) is 2. The number of benzene rings is 2. The number of hydrogen-bond donors (Lipinski definition) is 0. The maximum Gasteiger partial charge on any atom is 0.237 e. The summed E-state index contributed by atoms with van der Waals surface area (Å²) in [4.78, 5) is 5.70. The zero-order valence-corrected chi connectivity index (χ0v) is 15.5. The van der Waals surface area contributed by atoms with Gasteiger partial charge < -0.3 is 14.0 Å². The summed E-state index contributed by atoms with van der Waals surface area (Å²) in [6, 6.07) is 12.0. The van der Waals surface area contributed by atoms with E-state index in [0.29, 0.717) is 29.0 Å². The number of nitrogens with zero attached hydrogens (tertiary/aromatic N) is 2. The summed E-state index contributed by atoms with van der Waals surface area (Å²) in [5, 5.41) is 4.07. The summed E-state index contributed by atoms with van der Waals surface area (Å²) in [5.41, 5.74) is 3.34. The SMILES string of the molecule is COc1ccc(-c2noc(CSc3ccc(C)cc3C)n2)cc1OC. The first-order chi connectivity index (χ1) is 12.1. The quantitative estimate of drug-likeness (QED) is 0.599. The van der Waals surface area contributed by atoms with Crippen molar-refractivity contribution in [1.29, 1.82) is 0 Å². The number of rotatable bonds is 6. The number of aryl methyl sites for hydroxylation is 2. The van der Waals surface area contributed by atoms with E-state index < -0.39 is 0 Å². The molecule has 130 valence electrons. The Balaban J connectivity index is 1.74. The Kier molecular flexibility index (Phi) is 5.28. The molecular weight excluding hydrogens is 336 g/mol. The molecule has 2 aromatic carbocycles. The van der Waals surface area contributed by atoms with Crippen molar-refractivity contribution >= 4 is 11.8 Å². The standard InChI is InChI=1S/C19H20N2O3S/c1-12-5-8-17(13(2)9-12)25-11-18-20-19(21-24-18)14-6-7-15(22-3)16(10-14)23-4/h5-10H,11H2,1-4H3. The number of aromatic nitrogens is 2. The van der Waals surface area contributed by atoms with E-state index in [1.807, 2.05) is 18.2 Å². The van der Waals surface area contributed by atoms with Crippen molar-refractivity contribution in [3.8, 4) is 22.9 Å². The zero-order chi connectivity index (χ0) is 17.8. The normalized spacial score (nSPS) is 10.7. The number of hydrogen-bond acceptors (Lipinski definition) is 6. The van der Waals surface area contributed by atoms with Crippen molar-refractivity contribution < 1.29 is 14.0 Å². The van der Waals surface area contributed by atoms with E-state index in [1.54, 1.807) is 26.0 Å². The van der Waals surface area contributed by atoms with Crippen molar-refractivity contribution in [2.45, 2.75) is 24.5 Å². The molecular formula is C19H20N2O3S. The average molecular weight is 356 g/mol. The predicted molar refractivity (Wildman–Crippen MR) is 98.3 cm³/mol. The second-order valence-corrected chi connectivity index (χ2v) is 6.66. The molecule has 1 aromatic heterocycles. The van der Waals surface area contributed by atoms with Crippen LogP contribution in [0.1, 0.15) is 17.0 Å². The average Bonchev–Trinajstić information content (AvgIpc) is 3.09. The molecule has 0 aliphatic carbocycles. The van der Waals surface area contributed by atoms with Gasteiger partial charge in [0.2, 0.25) is 11.7 Å². The zero-order valence-electron chi connectivity index (χ0n) is 14.7. The molecule has 0 saturated carbocycles. The van der Waals surface area contributed by atoms with Gasteiger partial charge in [0.15, 0.2) is 11.5 Å². The van der Waals surface area contributed by atoms with Crippen molar-refractivity contribution in [2.24, 2.45) is 0 Å². The van der Waals surface area contributed by atoms with Gasteiger partial charge in [-0.25, -0.2) is 0 Å². The van der Waals surface area contributed by atoms with Crippen molar-refractivity contribution in [3.63, 3.8) is 0 Å². The van der Waals surface area contributed by atoms with Crippen molar-refractivity contribution in [1.82, 2.24) is 10.1 Å². The minimum absolute atomic E-state index is 0.539. The van der Waals surface area contributed by atoms with E-state index in [0.717, 1.165) is 5.56 Å². The first-order valence-electron chi connectivity index (χ1n) is 7.85. The van der Waals surface area contributed by atoms with Crippen LogP contribution in [0.5, 0.6) is 11.5 Å². The van der Waals surface area contributed by atoms with E-state index in [1.165, 1.54) is 16.0 Å². The highest BCUT2D eigenvalue weighted by Crippen LogP contribution is 2.32. The van der Waals surface area contributed by atoms with Gasteiger partial charge in [0.1, 0.15) is 0 Å². The first-order valence-corrected chi connectivity index (χ1v) is 8.84. The molecule has 0 N–H and O–H groups in total. The molecule has 0 atom stereocenters. The number of methoxy groups -OCH3 is 2. The molecule has 0 aliphatic heterocycles. The minimum atomic E-state index is 0.539. The Morgan fingerprint density at radius 2 is 1.80 bits per heavy atom. The summed E-state index contributed by atoms with van der Waals surface area (Å²) >= 11 is 1.69. The summed E-state index contributed by atoms with van der Waals surface area (Å²) in [6.45, 7) is 4.20. The van der Waals surface area contributed by atoms with Crippen LogP contribution >= 0.6 is 11.8 Å². The summed E-state index contributed by atoms with van der Waals surface area (Å²) in [6.07, 6.45) is 0. The molecule has 0 fully saturated rings. The molecule has 3 rings (SSSR count). The maximum absolute atomic E-state index is 5.38. The molecule has 3 aromatic rings. The lowest BCUT2D eigenvalue weighted by Crippen LogP contribution is -1.91. The van der Waals surface area contributed by atoms with Gasteiger partial charge in [-0.1, -0.05) is 22.9 Å². The molecule has 25 heavy (non-hydrogen) atoms. The van der Waals surface area contributed by atoms with Gasteiger partial charge in [0.25, 0.3) is 0 Å². The molecule has 0 spiro atoms. The molecule has 0 radical (unpaired) electrons. The van der Waals surface area contributed by atoms with E-state index in [-0.39, 0.29) is 0 Å². The van der Waals surface area contributed by atoms with Gasteiger partial charge in [-0.15, -0.1) is 11.8 Å². The smallest absolute Gasteiger partial charge is 0.237 e. The molecule has 1 heterocycles. The Morgan fingerprint density at radius 3 is 2.52 bits per heavy atom. The van der Waals surface area contributed by atoms with Crippen LogP contribution in [0.3, 0.4) is 0 Å². The predicted octanol–water partition coefficient (Wildman–Crippen LogP) is 4.66. The molecule has 0 bridgehead atoms.